The van der Waals surface area contributed by atoms with Gasteiger partial charge in [0.15, 0.2) is 0 Å². The third-order valence-corrected chi connectivity index (χ3v) is 3.76. The van der Waals surface area contributed by atoms with Crippen molar-refractivity contribution in [3.05, 3.63) is 29.8 Å². The maximum absolute atomic E-state index is 12.3. The normalized spacial score (nSPS) is 15.6. The molecule has 1 aliphatic heterocycles. The van der Waals surface area contributed by atoms with Crippen molar-refractivity contribution >= 4 is 23.4 Å². The molecule has 0 saturated carbocycles. The summed E-state index contributed by atoms with van der Waals surface area (Å²) in [7, 11) is 0. The Bertz CT molecular complexity index is 563. The summed E-state index contributed by atoms with van der Waals surface area (Å²) in [5.41, 5.74) is 6.02. The van der Waals surface area contributed by atoms with Crippen molar-refractivity contribution in [3.63, 3.8) is 0 Å². The van der Waals surface area contributed by atoms with Crippen LogP contribution in [-0.2, 0) is 9.59 Å². The summed E-state index contributed by atoms with van der Waals surface area (Å²) >= 11 is 0. The Hall–Kier alpha value is -2.37. The van der Waals surface area contributed by atoms with E-state index < -0.39 is 5.91 Å². The van der Waals surface area contributed by atoms with Crippen molar-refractivity contribution in [2.24, 2.45) is 11.7 Å². The Kier molecular flexibility index (Phi) is 4.57. The van der Waals surface area contributed by atoms with Gasteiger partial charge in [-0.15, -0.1) is 0 Å². The Morgan fingerprint density at radius 1 is 1.19 bits per heavy atom. The molecule has 1 aromatic carbocycles. The molecule has 1 heterocycles. The molecule has 1 fully saturated rings. The van der Waals surface area contributed by atoms with E-state index in [1.165, 1.54) is 6.92 Å². The lowest BCUT2D eigenvalue weighted by atomic mass is 9.95. The molecule has 0 aromatic heterocycles. The van der Waals surface area contributed by atoms with Gasteiger partial charge in [-0.2, -0.15) is 0 Å². The van der Waals surface area contributed by atoms with E-state index in [2.05, 4.69) is 5.32 Å². The highest BCUT2D eigenvalue weighted by atomic mass is 16.2. The second-order valence-corrected chi connectivity index (χ2v) is 5.18. The van der Waals surface area contributed by atoms with Crippen molar-refractivity contribution in [3.8, 4) is 0 Å². The zero-order valence-corrected chi connectivity index (χ0v) is 12.0. The number of rotatable bonds is 3. The number of benzene rings is 1. The molecule has 112 valence electrons. The standard InChI is InChI=1S/C15H19N3O3/c1-10(19)18-8-6-11(7-9-18)15(21)17-13-5-3-2-4-12(13)14(16)20/h2-5,11H,6-9H2,1H3,(H2,16,20)(H,17,21). The van der Waals surface area contributed by atoms with E-state index in [0.29, 0.717) is 37.2 Å². The lowest BCUT2D eigenvalue weighted by Gasteiger charge is -2.30. The molecule has 3 N–H and O–H groups in total. The smallest absolute Gasteiger partial charge is 0.250 e. The lowest BCUT2D eigenvalue weighted by molar-refractivity contribution is -0.132. The third-order valence-electron chi connectivity index (χ3n) is 3.76. The summed E-state index contributed by atoms with van der Waals surface area (Å²) in [5, 5.41) is 2.76. The van der Waals surface area contributed by atoms with E-state index in [0.717, 1.165) is 0 Å². The number of piperidine rings is 1. The zero-order valence-electron chi connectivity index (χ0n) is 12.0. The van der Waals surface area contributed by atoms with E-state index >= 15 is 0 Å². The van der Waals surface area contributed by atoms with E-state index in [9.17, 15) is 14.4 Å². The summed E-state index contributed by atoms with van der Waals surface area (Å²) in [6.45, 7) is 2.71. The number of anilines is 1. The zero-order chi connectivity index (χ0) is 15.4. The minimum Gasteiger partial charge on any atom is -0.366 e. The van der Waals surface area contributed by atoms with Gasteiger partial charge in [0.2, 0.25) is 11.8 Å². The van der Waals surface area contributed by atoms with E-state index in [1.54, 1.807) is 29.2 Å². The molecule has 0 aliphatic carbocycles. The number of nitrogens with two attached hydrogens (primary N) is 1. The first-order chi connectivity index (χ1) is 9.99. The SMILES string of the molecule is CC(=O)N1CCC(C(=O)Nc2ccccc2C(N)=O)CC1. The van der Waals surface area contributed by atoms with Crippen LogP contribution in [0.1, 0.15) is 30.1 Å². The minimum absolute atomic E-state index is 0.0351. The Balaban J connectivity index is 2.00. The van der Waals surface area contributed by atoms with Crippen LogP contribution >= 0.6 is 0 Å². The fraction of sp³-hybridized carbons (Fsp3) is 0.400. The number of carbonyl (C=O) groups is 3. The number of para-hydroxylation sites is 1. The molecule has 1 aromatic rings. The van der Waals surface area contributed by atoms with Gasteiger partial charge in [0.1, 0.15) is 0 Å². The molecule has 3 amide bonds. The molecule has 0 radical (unpaired) electrons. The summed E-state index contributed by atoms with van der Waals surface area (Å²) < 4.78 is 0. The number of carbonyl (C=O) groups excluding carboxylic acids is 3. The maximum atomic E-state index is 12.3. The number of nitrogens with zero attached hydrogens (tertiary/aromatic N) is 1. The first-order valence-corrected chi connectivity index (χ1v) is 6.94. The van der Waals surface area contributed by atoms with Crippen LogP contribution < -0.4 is 11.1 Å². The van der Waals surface area contributed by atoms with Crippen molar-refractivity contribution < 1.29 is 14.4 Å². The van der Waals surface area contributed by atoms with Crippen LogP contribution in [-0.4, -0.2) is 35.7 Å². The number of likely N-dealkylation sites (tertiary alicyclic amines) is 1. The monoisotopic (exact) mass is 289 g/mol. The molecule has 6 nitrogen and oxygen atoms in total. The van der Waals surface area contributed by atoms with Crippen LogP contribution in [0.25, 0.3) is 0 Å². The Morgan fingerprint density at radius 2 is 1.81 bits per heavy atom. The number of primary amides is 1. The van der Waals surface area contributed by atoms with Crippen molar-refractivity contribution in [1.29, 1.82) is 0 Å². The van der Waals surface area contributed by atoms with Crippen LogP contribution in [0.3, 0.4) is 0 Å². The molecule has 21 heavy (non-hydrogen) atoms. The summed E-state index contributed by atoms with van der Waals surface area (Å²) in [6, 6.07) is 6.67. The highest BCUT2D eigenvalue weighted by Gasteiger charge is 2.26. The van der Waals surface area contributed by atoms with Gasteiger partial charge >= 0.3 is 0 Å². The Labute approximate surface area is 123 Å². The average molecular weight is 289 g/mol. The van der Waals surface area contributed by atoms with E-state index in [-0.39, 0.29) is 17.7 Å². The van der Waals surface area contributed by atoms with Crippen LogP contribution in [0.2, 0.25) is 0 Å². The number of hydrogen-bond acceptors (Lipinski definition) is 3. The maximum Gasteiger partial charge on any atom is 0.250 e. The van der Waals surface area contributed by atoms with Crippen molar-refractivity contribution in [2.75, 3.05) is 18.4 Å². The molecule has 0 bridgehead atoms. The molecule has 0 unspecified atom stereocenters. The summed E-state index contributed by atoms with van der Waals surface area (Å²) in [4.78, 5) is 36.6. The highest BCUT2D eigenvalue weighted by molar-refractivity contribution is 6.03. The highest BCUT2D eigenvalue weighted by Crippen LogP contribution is 2.21. The fourth-order valence-corrected chi connectivity index (χ4v) is 2.50. The van der Waals surface area contributed by atoms with Crippen LogP contribution in [0.5, 0.6) is 0 Å². The van der Waals surface area contributed by atoms with Crippen molar-refractivity contribution in [2.45, 2.75) is 19.8 Å². The van der Waals surface area contributed by atoms with Gasteiger partial charge in [-0.3, -0.25) is 14.4 Å². The summed E-state index contributed by atoms with van der Waals surface area (Å²) in [5.74, 6) is -0.821. The molecule has 1 aliphatic rings. The fourth-order valence-electron chi connectivity index (χ4n) is 2.50. The lowest BCUT2D eigenvalue weighted by Crippen LogP contribution is -2.40. The van der Waals surface area contributed by atoms with Gasteiger partial charge in [-0.1, -0.05) is 12.1 Å². The van der Waals surface area contributed by atoms with Crippen LogP contribution in [0.15, 0.2) is 24.3 Å². The molecular formula is C15H19N3O3. The first kappa shape index (κ1) is 15.0. The van der Waals surface area contributed by atoms with Gasteiger partial charge in [-0.25, -0.2) is 0 Å². The topological polar surface area (TPSA) is 92.5 Å². The van der Waals surface area contributed by atoms with Gasteiger partial charge in [0.25, 0.3) is 5.91 Å². The molecular weight excluding hydrogens is 270 g/mol. The predicted molar refractivity (Wildman–Crippen MR) is 78.6 cm³/mol. The second kappa shape index (κ2) is 6.39. The molecule has 0 spiro atoms. The minimum atomic E-state index is -0.572. The van der Waals surface area contributed by atoms with Crippen LogP contribution in [0.4, 0.5) is 5.69 Å². The van der Waals surface area contributed by atoms with Gasteiger partial charge < -0.3 is 16.0 Å². The first-order valence-electron chi connectivity index (χ1n) is 6.94. The van der Waals surface area contributed by atoms with E-state index in [4.69, 9.17) is 5.73 Å². The van der Waals surface area contributed by atoms with Gasteiger partial charge in [0, 0.05) is 25.9 Å². The largest absolute Gasteiger partial charge is 0.366 e. The quantitative estimate of drug-likeness (QED) is 0.868. The molecule has 2 rings (SSSR count). The third kappa shape index (κ3) is 3.59. The number of amides is 3. The number of nitrogens with one attached hydrogen (secondary N) is 1. The number of hydrogen-bond donors (Lipinski definition) is 2. The van der Waals surface area contributed by atoms with Crippen molar-refractivity contribution in [1.82, 2.24) is 4.90 Å². The molecule has 0 atom stereocenters. The van der Waals surface area contributed by atoms with Gasteiger partial charge in [-0.05, 0) is 25.0 Å². The summed E-state index contributed by atoms with van der Waals surface area (Å²) in [6.07, 6.45) is 1.26. The molecule has 1 saturated heterocycles. The average Bonchev–Trinajstić information content (AvgIpc) is 2.47. The van der Waals surface area contributed by atoms with Crippen LogP contribution in [0, 0.1) is 5.92 Å². The molecule has 6 heteroatoms. The van der Waals surface area contributed by atoms with Gasteiger partial charge in [0.05, 0.1) is 11.3 Å². The Morgan fingerprint density at radius 3 is 2.38 bits per heavy atom. The second-order valence-electron chi connectivity index (χ2n) is 5.18. The predicted octanol–water partition coefficient (Wildman–Crippen LogP) is 0.983. The van der Waals surface area contributed by atoms with E-state index in [1.807, 2.05) is 0 Å².